The van der Waals surface area contributed by atoms with Gasteiger partial charge in [-0.1, -0.05) is 0 Å². The van der Waals surface area contributed by atoms with E-state index in [1.807, 2.05) is 13.8 Å². The maximum atomic E-state index is 10.9. The van der Waals surface area contributed by atoms with E-state index in [0.717, 1.165) is 13.1 Å². The first-order valence-electron chi connectivity index (χ1n) is 4.07. The number of amides is 1. The maximum Gasteiger partial charge on any atom is 0.409 e. The molecule has 12 heavy (non-hydrogen) atoms. The van der Waals surface area contributed by atoms with Gasteiger partial charge in [-0.05, 0) is 13.8 Å². The molecule has 0 unspecified atom stereocenters. The number of rotatable bonds is 1. The third-order valence-electron chi connectivity index (χ3n) is 2.37. The van der Waals surface area contributed by atoms with E-state index in [1.165, 1.54) is 7.11 Å². The molecule has 0 aromatic carbocycles. The summed E-state index contributed by atoms with van der Waals surface area (Å²) in [6, 6.07) is 0. The Morgan fingerprint density at radius 1 is 1.58 bits per heavy atom. The second kappa shape index (κ2) is 2.94. The van der Waals surface area contributed by atoms with Crippen molar-refractivity contribution in [2.24, 2.45) is 11.7 Å². The Bertz CT molecular complexity index is 180. The van der Waals surface area contributed by atoms with Crippen molar-refractivity contribution < 1.29 is 9.53 Å². The molecule has 4 heteroatoms. The summed E-state index contributed by atoms with van der Waals surface area (Å²) in [5, 5.41) is 0. The molecular formula is C8H16N2O2. The first-order chi connectivity index (χ1) is 5.45. The van der Waals surface area contributed by atoms with Crippen LogP contribution in [0.3, 0.4) is 0 Å². The van der Waals surface area contributed by atoms with Crippen LogP contribution in [0.1, 0.15) is 13.8 Å². The maximum absolute atomic E-state index is 10.9. The van der Waals surface area contributed by atoms with Gasteiger partial charge in [-0.15, -0.1) is 0 Å². The Labute approximate surface area is 72.7 Å². The molecule has 1 aliphatic rings. The summed E-state index contributed by atoms with van der Waals surface area (Å²) in [6.07, 6.45) is -0.254. The number of hydrogen-bond donors (Lipinski definition) is 1. The monoisotopic (exact) mass is 172 g/mol. The summed E-state index contributed by atoms with van der Waals surface area (Å²) in [4.78, 5) is 12.6. The van der Waals surface area contributed by atoms with Gasteiger partial charge in [0, 0.05) is 24.5 Å². The lowest BCUT2D eigenvalue weighted by atomic mass is 9.83. The Morgan fingerprint density at radius 3 is 2.42 bits per heavy atom. The highest BCUT2D eigenvalue weighted by Crippen LogP contribution is 2.25. The zero-order valence-electron chi connectivity index (χ0n) is 7.83. The van der Waals surface area contributed by atoms with Crippen molar-refractivity contribution in [3.8, 4) is 0 Å². The largest absolute Gasteiger partial charge is 0.453 e. The van der Waals surface area contributed by atoms with Crippen molar-refractivity contribution in [2.45, 2.75) is 19.4 Å². The van der Waals surface area contributed by atoms with Gasteiger partial charge < -0.3 is 15.4 Å². The molecule has 1 amide bonds. The van der Waals surface area contributed by atoms with Gasteiger partial charge in [0.25, 0.3) is 0 Å². The van der Waals surface area contributed by atoms with Crippen LogP contribution in [0.5, 0.6) is 0 Å². The molecule has 0 aromatic heterocycles. The van der Waals surface area contributed by atoms with Crippen LogP contribution in [0.15, 0.2) is 0 Å². The average molecular weight is 172 g/mol. The van der Waals surface area contributed by atoms with E-state index in [4.69, 9.17) is 5.73 Å². The minimum atomic E-state index is -0.254. The van der Waals surface area contributed by atoms with E-state index in [-0.39, 0.29) is 11.6 Å². The molecule has 70 valence electrons. The molecule has 0 bridgehead atoms. The van der Waals surface area contributed by atoms with Crippen LogP contribution < -0.4 is 5.73 Å². The topological polar surface area (TPSA) is 55.6 Å². The minimum absolute atomic E-state index is 0.190. The first-order valence-corrected chi connectivity index (χ1v) is 4.07. The number of carbonyl (C=O) groups is 1. The van der Waals surface area contributed by atoms with Crippen LogP contribution in [0, 0.1) is 5.92 Å². The molecule has 2 N–H and O–H groups in total. The lowest BCUT2D eigenvalue weighted by Gasteiger charge is -2.44. The molecule has 1 heterocycles. The number of ether oxygens (including phenoxy) is 1. The summed E-state index contributed by atoms with van der Waals surface area (Å²) in [5.41, 5.74) is 5.68. The van der Waals surface area contributed by atoms with Crippen molar-refractivity contribution >= 4 is 6.09 Å². The number of likely N-dealkylation sites (tertiary alicyclic amines) is 1. The molecule has 0 aromatic rings. The summed E-state index contributed by atoms with van der Waals surface area (Å²) < 4.78 is 4.56. The summed E-state index contributed by atoms with van der Waals surface area (Å²) in [5.74, 6) is 0.400. The van der Waals surface area contributed by atoms with Crippen LogP contribution in [-0.2, 0) is 4.74 Å². The van der Waals surface area contributed by atoms with Gasteiger partial charge in [-0.3, -0.25) is 0 Å². The molecule has 0 spiro atoms. The zero-order valence-corrected chi connectivity index (χ0v) is 7.83. The fourth-order valence-corrected chi connectivity index (χ4v) is 1.23. The summed E-state index contributed by atoms with van der Waals surface area (Å²) in [7, 11) is 1.39. The van der Waals surface area contributed by atoms with E-state index >= 15 is 0 Å². The molecule has 0 radical (unpaired) electrons. The number of nitrogens with two attached hydrogens (primary N) is 1. The minimum Gasteiger partial charge on any atom is -0.453 e. The Morgan fingerprint density at radius 2 is 2.08 bits per heavy atom. The fraction of sp³-hybridized carbons (Fsp3) is 0.875. The average Bonchev–Trinajstić information content (AvgIpc) is 1.80. The normalized spacial score (nSPS) is 18.8. The molecule has 0 atom stereocenters. The van der Waals surface area contributed by atoms with E-state index in [2.05, 4.69) is 4.74 Å². The van der Waals surface area contributed by atoms with E-state index in [0.29, 0.717) is 5.92 Å². The third kappa shape index (κ3) is 1.69. The highest BCUT2D eigenvalue weighted by atomic mass is 16.5. The quantitative estimate of drug-likeness (QED) is 0.623. The van der Waals surface area contributed by atoms with Crippen LogP contribution in [0.25, 0.3) is 0 Å². The molecule has 1 fully saturated rings. The molecule has 1 rings (SSSR count). The fourth-order valence-electron chi connectivity index (χ4n) is 1.23. The van der Waals surface area contributed by atoms with Gasteiger partial charge in [0.1, 0.15) is 0 Å². The Balaban J connectivity index is 2.34. The third-order valence-corrected chi connectivity index (χ3v) is 2.37. The first kappa shape index (κ1) is 9.32. The van der Waals surface area contributed by atoms with Crippen LogP contribution >= 0.6 is 0 Å². The predicted octanol–water partition coefficient (Wildman–Crippen LogP) is 0.422. The second-order valence-electron chi connectivity index (χ2n) is 3.89. The van der Waals surface area contributed by atoms with Crippen molar-refractivity contribution in [2.75, 3.05) is 20.2 Å². The Kier molecular flexibility index (Phi) is 2.28. The number of nitrogens with zero attached hydrogens (tertiary/aromatic N) is 1. The van der Waals surface area contributed by atoms with Gasteiger partial charge >= 0.3 is 6.09 Å². The van der Waals surface area contributed by atoms with Crippen LogP contribution in [-0.4, -0.2) is 36.7 Å². The van der Waals surface area contributed by atoms with Crippen molar-refractivity contribution in [1.29, 1.82) is 0 Å². The number of hydrogen-bond acceptors (Lipinski definition) is 3. The van der Waals surface area contributed by atoms with Gasteiger partial charge in [-0.2, -0.15) is 0 Å². The highest BCUT2D eigenvalue weighted by molar-refractivity contribution is 5.68. The van der Waals surface area contributed by atoms with Crippen molar-refractivity contribution in [3.63, 3.8) is 0 Å². The summed E-state index contributed by atoms with van der Waals surface area (Å²) >= 11 is 0. The smallest absolute Gasteiger partial charge is 0.409 e. The number of carbonyl (C=O) groups excluding carboxylic acids is 1. The van der Waals surface area contributed by atoms with Gasteiger partial charge in [0.2, 0.25) is 0 Å². The highest BCUT2D eigenvalue weighted by Gasteiger charge is 2.38. The van der Waals surface area contributed by atoms with Gasteiger partial charge in [0.05, 0.1) is 7.11 Å². The zero-order chi connectivity index (χ0) is 9.35. The SMILES string of the molecule is COC(=O)N1CC(C(C)(C)N)C1. The van der Waals surface area contributed by atoms with E-state index in [9.17, 15) is 4.79 Å². The number of methoxy groups -OCH3 is 1. The van der Waals surface area contributed by atoms with Gasteiger partial charge in [0.15, 0.2) is 0 Å². The van der Waals surface area contributed by atoms with E-state index in [1.54, 1.807) is 4.90 Å². The second-order valence-corrected chi connectivity index (χ2v) is 3.89. The molecule has 1 aliphatic heterocycles. The van der Waals surface area contributed by atoms with Crippen LogP contribution in [0.2, 0.25) is 0 Å². The molecule has 4 nitrogen and oxygen atoms in total. The van der Waals surface area contributed by atoms with Crippen molar-refractivity contribution in [3.05, 3.63) is 0 Å². The van der Waals surface area contributed by atoms with E-state index < -0.39 is 0 Å². The standard InChI is InChI=1S/C8H16N2O2/c1-8(2,9)6-4-10(5-6)7(11)12-3/h6H,4-5,9H2,1-3H3. The lowest BCUT2D eigenvalue weighted by molar-refractivity contribution is 0.0430. The van der Waals surface area contributed by atoms with Crippen molar-refractivity contribution in [1.82, 2.24) is 4.90 Å². The summed E-state index contributed by atoms with van der Waals surface area (Å²) in [6.45, 7) is 5.39. The molecule has 0 saturated carbocycles. The molecule has 1 saturated heterocycles. The molecular weight excluding hydrogens is 156 g/mol. The molecule has 0 aliphatic carbocycles. The Hall–Kier alpha value is -0.770. The lowest BCUT2D eigenvalue weighted by Crippen LogP contribution is -2.60. The predicted molar refractivity (Wildman–Crippen MR) is 45.7 cm³/mol. The van der Waals surface area contributed by atoms with Crippen LogP contribution in [0.4, 0.5) is 4.79 Å². The van der Waals surface area contributed by atoms with Gasteiger partial charge in [-0.25, -0.2) is 4.79 Å².